The van der Waals surface area contributed by atoms with Crippen molar-refractivity contribution in [2.45, 2.75) is 32.0 Å². The fourth-order valence-corrected chi connectivity index (χ4v) is 2.21. The lowest BCUT2D eigenvalue weighted by Crippen LogP contribution is -2.33. The topological polar surface area (TPSA) is 50.4 Å². The molecule has 2 N–H and O–H groups in total. The van der Waals surface area contributed by atoms with Crippen LogP contribution in [0.15, 0.2) is 24.3 Å². The molecule has 6 heteroatoms. The number of rotatable bonds is 5. The third kappa shape index (κ3) is 3.64. The number of carbonyl (C=O) groups is 1. The molecular weight excluding hydrogens is 254 g/mol. The van der Waals surface area contributed by atoms with E-state index in [1.807, 2.05) is 6.92 Å². The summed E-state index contributed by atoms with van der Waals surface area (Å²) in [5.74, 6) is 0.164. The van der Waals surface area contributed by atoms with Crippen LogP contribution in [0.4, 0.5) is 8.78 Å². The van der Waals surface area contributed by atoms with Gasteiger partial charge in [0, 0.05) is 30.6 Å². The Bertz CT molecular complexity index is 454. The minimum Gasteiger partial charge on any atom is -0.434 e. The molecule has 0 bridgehead atoms. The molecule has 1 aromatic rings. The van der Waals surface area contributed by atoms with E-state index in [-0.39, 0.29) is 23.7 Å². The number of benzene rings is 1. The standard InChI is InChI=1S/C13H16F2N2O2/c1-8(17-9-6-12(18)16-7-9)10-4-2-3-5-11(10)19-13(14)15/h2-5,8-9,13,17H,6-7H2,1H3,(H,16,18). The maximum atomic E-state index is 12.3. The van der Waals surface area contributed by atoms with Gasteiger partial charge in [0.2, 0.25) is 5.91 Å². The second kappa shape index (κ2) is 5.97. The molecule has 1 aromatic carbocycles. The summed E-state index contributed by atoms with van der Waals surface area (Å²) in [7, 11) is 0. The van der Waals surface area contributed by atoms with Crippen molar-refractivity contribution in [2.75, 3.05) is 6.54 Å². The van der Waals surface area contributed by atoms with Crippen molar-refractivity contribution in [3.8, 4) is 5.75 Å². The third-order valence-electron chi connectivity index (χ3n) is 3.06. The Kier molecular flexibility index (Phi) is 4.31. The van der Waals surface area contributed by atoms with E-state index in [2.05, 4.69) is 15.4 Å². The Hall–Kier alpha value is -1.69. The van der Waals surface area contributed by atoms with E-state index in [1.165, 1.54) is 6.07 Å². The predicted molar refractivity (Wildman–Crippen MR) is 66.0 cm³/mol. The molecule has 0 aliphatic carbocycles. The van der Waals surface area contributed by atoms with Crippen molar-refractivity contribution in [1.29, 1.82) is 0 Å². The number of halogens is 2. The smallest absolute Gasteiger partial charge is 0.387 e. The number of hydrogen-bond donors (Lipinski definition) is 2. The van der Waals surface area contributed by atoms with Gasteiger partial charge in [-0.15, -0.1) is 0 Å². The van der Waals surface area contributed by atoms with Crippen molar-refractivity contribution in [2.24, 2.45) is 0 Å². The molecule has 104 valence electrons. The van der Waals surface area contributed by atoms with Crippen LogP contribution >= 0.6 is 0 Å². The van der Waals surface area contributed by atoms with Crippen LogP contribution in [-0.4, -0.2) is 25.1 Å². The van der Waals surface area contributed by atoms with Gasteiger partial charge < -0.3 is 15.4 Å². The molecule has 0 aromatic heterocycles. The molecule has 1 aliphatic heterocycles. The van der Waals surface area contributed by atoms with E-state index in [4.69, 9.17) is 0 Å². The van der Waals surface area contributed by atoms with Crippen LogP contribution in [-0.2, 0) is 4.79 Å². The highest BCUT2D eigenvalue weighted by Gasteiger charge is 2.24. The first-order valence-corrected chi connectivity index (χ1v) is 6.12. The average Bonchev–Trinajstić information content (AvgIpc) is 2.74. The molecule has 2 unspecified atom stereocenters. The number of hydrogen-bond acceptors (Lipinski definition) is 3. The average molecular weight is 270 g/mol. The SMILES string of the molecule is CC(NC1CNC(=O)C1)c1ccccc1OC(F)F. The van der Waals surface area contributed by atoms with E-state index in [0.717, 1.165) is 0 Å². The summed E-state index contributed by atoms with van der Waals surface area (Å²) in [5, 5.41) is 5.95. The fraction of sp³-hybridized carbons (Fsp3) is 0.462. The second-order valence-corrected chi connectivity index (χ2v) is 4.51. The maximum Gasteiger partial charge on any atom is 0.387 e. The summed E-state index contributed by atoms with van der Waals surface area (Å²) >= 11 is 0. The number of alkyl halides is 2. The normalized spacial score (nSPS) is 20.4. The molecule has 1 amide bonds. The fourth-order valence-electron chi connectivity index (χ4n) is 2.21. The molecule has 0 spiro atoms. The van der Waals surface area contributed by atoms with Gasteiger partial charge in [0.1, 0.15) is 5.75 Å². The molecule has 2 atom stereocenters. The molecule has 0 saturated carbocycles. The van der Waals surface area contributed by atoms with Crippen molar-refractivity contribution in [3.63, 3.8) is 0 Å². The van der Waals surface area contributed by atoms with Crippen LogP contribution in [0.5, 0.6) is 5.75 Å². The number of amides is 1. The molecule has 0 radical (unpaired) electrons. The van der Waals surface area contributed by atoms with Gasteiger partial charge in [-0.1, -0.05) is 18.2 Å². The van der Waals surface area contributed by atoms with E-state index in [1.54, 1.807) is 18.2 Å². The predicted octanol–water partition coefficient (Wildman–Crippen LogP) is 1.83. The Balaban J connectivity index is 2.05. The van der Waals surface area contributed by atoms with Gasteiger partial charge in [0.25, 0.3) is 0 Å². The molecule has 1 saturated heterocycles. The van der Waals surface area contributed by atoms with Crippen LogP contribution in [0, 0.1) is 0 Å². The van der Waals surface area contributed by atoms with E-state index < -0.39 is 6.61 Å². The molecular formula is C13H16F2N2O2. The number of nitrogens with one attached hydrogen (secondary N) is 2. The highest BCUT2D eigenvalue weighted by molar-refractivity contribution is 5.78. The van der Waals surface area contributed by atoms with E-state index in [9.17, 15) is 13.6 Å². The van der Waals surface area contributed by atoms with Gasteiger partial charge in [-0.2, -0.15) is 8.78 Å². The lowest BCUT2D eigenvalue weighted by molar-refractivity contribution is -0.119. The number of ether oxygens (including phenoxy) is 1. The molecule has 4 nitrogen and oxygen atoms in total. The molecule has 2 rings (SSSR count). The van der Waals surface area contributed by atoms with E-state index in [0.29, 0.717) is 18.5 Å². The van der Waals surface area contributed by atoms with Crippen LogP contribution in [0.1, 0.15) is 24.9 Å². The minimum absolute atomic E-state index is 0.00168. The molecule has 1 aliphatic rings. The highest BCUT2D eigenvalue weighted by atomic mass is 19.3. The van der Waals surface area contributed by atoms with Gasteiger partial charge in [0.05, 0.1) is 0 Å². The summed E-state index contributed by atoms with van der Waals surface area (Å²) in [6, 6.07) is 6.50. The first-order valence-electron chi connectivity index (χ1n) is 6.12. The zero-order valence-corrected chi connectivity index (χ0v) is 10.5. The lowest BCUT2D eigenvalue weighted by atomic mass is 10.1. The van der Waals surface area contributed by atoms with Crippen LogP contribution in [0.2, 0.25) is 0 Å². The summed E-state index contributed by atoms with van der Waals surface area (Å²) in [5.41, 5.74) is 0.655. The van der Waals surface area contributed by atoms with Crippen molar-refractivity contribution >= 4 is 5.91 Å². The summed E-state index contributed by atoms with van der Waals surface area (Å²) in [6.07, 6.45) is 0.405. The van der Waals surface area contributed by atoms with E-state index >= 15 is 0 Å². The third-order valence-corrected chi connectivity index (χ3v) is 3.06. The first kappa shape index (κ1) is 13.7. The van der Waals surface area contributed by atoms with Gasteiger partial charge in [0.15, 0.2) is 0 Å². The lowest BCUT2D eigenvalue weighted by Gasteiger charge is -2.21. The first-order chi connectivity index (χ1) is 9.06. The Labute approximate surface area is 110 Å². The van der Waals surface area contributed by atoms with Gasteiger partial charge in [-0.3, -0.25) is 4.79 Å². The number of carbonyl (C=O) groups excluding carboxylic acids is 1. The number of para-hydroxylation sites is 1. The summed E-state index contributed by atoms with van der Waals surface area (Å²) < 4.78 is 29.1. The van der Waals surface area contributed by atoms with Crippen LogP contribution < -0.4 is 15.4 Å². The zero-order valence-electron chi connectivity index (χ0n) is 10.5. The summed E-state index contributed by atoms with van der Waals surface area (Å²) in [4.78, 5) is 11.1. The zero-order chi connectivity index (χ0) is 13.8. The Morgan fingerprint density at radius 3 is 2.79 bits per heavy atom. The van der Waals surface area contributed by atoms with Crippen LogP contribution in [0.25, 0.3) is 0 Å². The van der Waals surface area contributed by atoms with Crippen LogP contribution in [0.3, 0.4) is 0 Å². The van der Waals surface area contributed by atoms with Gasteiger partial charge in [-0.05, 0) is 13.0 Å². The Morgan fingerprint density at radius 2 is 2.16 bits per heavy atom. The summed E-state index contributed by atoms with van der Waals surface area (Å²) in [6.45, 7) is -0.430. The monoisotopic (exact) mass is 270 g/mol. The quantitative estimate of drug-likeness (QED) is 0.858. The largest absolute Gasteiger partial charge is 0.434 e. The van der Waals surface area contributed by atoms with Gasteiger partial charge >= 0.3 is 6.61 Å². The Morgan fingerprint density at radius 1 is 1.42 bits per heavy atom. The maximum absolute atomic E-state index is 12.3. The minimum atomic E-state index is -2.84. The van der Waals surface area contributed by atoms with Gasteiger partial charge in [-0.25, -0.2) is 0 Å². The van der Waals surface area contributed by atoms with Crippen molar-refractivity contribution < 1.29 is 18.3 Å². The second-order valence-electron chi connectivity index (χ2n) is 4.51. The molecule has 1 fully saturated rings. The van der Waals surface area contributed by atoms with Crippen molar-refractivity contribution in [1.82, 2.24) is 10.6 Å². The van der Waals surface area contributed by atoms with Crippen molar-refractivity contribution in [3.05, 3.63) is 29.8 Å². The molecule has 1 heterocycles. The highest BCUT2D eigenvalue weighted by Crippen LogP contribution is 2.26. The molecule has 19 heavy (non-hydrogen) atoms.